The van der Waals surface area contributed by atoms with Crippen molar-refractivity contribution in [1.29, 1.82) is 0 Å². The van der Waals surface area contributed by atoms with Crippen LogP contribution in [0, 0.1) is 0 Å². The second-order valence-corrected chi connectivity index (χ2v) is 3.04. The van der Waals surface area contributed by atoms with Gasteiger partial charge in [0.2, 0.25) is 0 Å². The lowest BCUT2D eigenvalue weighted by molar-refractivity contribution is 0.0590. The second kappa shape index (κ2) is 5.07. The van der Waals surface area contributed by atoms with Crippen LogP contribution in [0.15, 0.2) is 17.4 Å². The van der Waals surface area contributed by atoms with E-state index >= 15 is 0 Å². The Morgan fingerprint density at radius 1 is 1.73 bits per heavy atom. The topological polar surface area (TPSA) is 80.0 Å². The van der Waals surface area contributed by atoms with Crippen LogP contribution in [0.4, 0.5) is 0 Å². The minimum Gasteiger partial charge on any atom is -0.464 e. The molecule has 0 saturated heterocycles. The third kappa shape index (κ3) is 2.75. The van der Waals surface area contributed by atoms with Gasteiger partial charge in [-0.3, -0.25) is 0 Å². The number of methoxy groups -OCH3 is 1. The quantitative estimate of drug-likeness (QED) is 0.326. The molecule has 0 unspecified atom stereocenters. The minimum atomic E-state index is -0.368. The van der Waals surface area contributed by atoms with E-state index in [-0.39, 0.29) is 5.97 Å². The Hall–Kier alpha value is -1.94. The lowest BCUT2D eigenvalue weighted by Gasteiger charge is -1.98. The van der Waals surface area contributed by atoms with Crippen LogP contribution in [0.25, 0.3) is 10.4 Å². The Morgan fingerprint density at radius 3 is 3.07 bits per heavy atom. The van der Waals surface area contributed by atoms with Gasteiger partial charge in [0, 0.05) is 24.7 Å². The molecule has 6 nitrogen and oxygen atoms in total. The number of azide groups is 1. The second-order valence-electron chi connectivity index (χ2n) is 3.04. The van der Waals surface area contributed by atoms with Gasteiger partial charge in [-0.25, -0.2) is 4.79 Å². The van der Waals surface area contributed by atoms with Crippen LogP contribution in [0.5, 0.6) is 0 Å². The van der Waals surface area contributed by atoms with E-state index in [9.17, 15) is 4.79 Å². The number of hydrogen-bond acceptors (Lipinski definition) is 3. The maximum atomic E-state index is 11.3. The summed E-state index contributed by atoms with van der Waals surface area (Å²) in [4.78, 5) is 13.9. The van der Waals surface area contributed by atoms with Crippen molar-refractivity contribution in [1.82, 2.24) is 4.57 Å². The maximum absolute atomic E-state index is 11.3. The molecule has 80 valence electrons. The van der Waals surface area contributed by atoms with Crippen molar-refractivity contribution in [3.8, 4) is 0 Å². The summed E-state index contributed by atoms with van der Waals surface area (Å²) >= 11 is 0. The van der Waals surface area contributed by atoms with Crippen molar-refractivity contribution < 1.29 is 9.53 Å². The van der Waals surface area contributed by atoms with Gasteiger partial charge in [0.25, 0.3) is 0 Å². The normalized spacial score (nSPS) is 9.47. The number of hydrogen-bond donors (Lipinski definition) is 0. The number of aromatic nitrogens is 1. The van der Waals surface area contributed by atoms with Crippen molar-refractivity contribution in [2.75, 3.05) is 13.7 Å². The molecule has 0 aromatic carbocycles. The average Bonchev–Trinajstić information content (AvgIpc) is 2.59. The summed E-state index contributed by atoms with van der Waals surface area (Å²) in [5.41, 5.74) is 9.55. The molecule has 1 aromatic heterocycles. The molecule has 0 amide bonds. The van der Waals surface area contributed by atoms with Gasteiger partial charge < -0.3 is 9.30 Å². The smallest absolute Gasteiger partial charge is 0.354 e. The third-order valence-electron chi connectivity index (χ3n) is 2.02. The summed E-state index contributed by atoms with van der Waals surface area (Å²) in [6.07, 6.45) is 2.44. The molecule has 0 radical (unpaired) electrons. The predicted molar refractivity (Wildman–Crippen MR) is 54.5 cm³/mol. The van der Waals surface area contributed by atoms with Gasteiger partial charge in [-0.05, 0) is 23.6 Å². The molecule has 0 atom stereocenters. The molecule has 0 fully saturated rings. The van der Waals surface area contributed by atoms with Gasteiger partial charge in [0.1, 0.15) is 5.69 Å². The Balaban J connectivity index is 2.76. The fourth-order valence-electron chi connectivity index (χ4n) is 1.30. The molecule has 0 aliphatic carbocycles. The summed E-state index contributed by atoms with van der Waals surface area (Å²) in [6.45, 7) is 0.390. The standard InChI is InChI=1S/C9H12N4O2/c1-13-6-7(3-4-11-12-10)5-8(13)9(14)15-2/h5-6H,3-4H2,1-2H3. The van der Waals surface area contributed by atoms with Gasteiger partial charge in [0.05, 0.1) is 7.11 Å². The summed E-state index contributed by atoms with van der Waals surface area (Å²) in [5.74, 6) is -0.368. The zero-order chi connectivity index (χ0) is 11.3. The van der Waals surface area contributed by atoms with Crippen molar-refractivity contribution in [3.05, 3.63) is 34.0 Å². The summed E-state index contributed by atoms with van der Waals surface area (Å²) in [6, 6.07) is 1.73. The molecule has 6 heteroatoms. The molecule has 0 aliphatic rings. The number of ether oxygens (including phenoxy) is 1. The molecule has 15 heavy (non-hydrogen) atoms. The Kier molecular flexibility index (Phi) is 3.76. The first-order chi connectivity index (χ1) is 7.19. The first-order valence-corrected chi connectivity index (χ1v) is 4.43. The number of carbonyl (C=O) groups is 1. The fourth-order valence-corrected chi connectivity index (χ4v) is 1.30. The van der Waals surface area contributed by atoms with E-state index in [4.69, 9.17) is 5.53 Å². The van der Waals surface area contributed by atoms with Gasteiger partial charge >= 0.3 is 5.97 Å². The van der Waals surface area contributed by atoms with Crippen molar-refractivity contribution in [2.45, 2.75) is 6.42 Å². The average molecular weight is 208 g/mol. The van der Waals surface area contributed by atoms with E-state index in [1.54, 1.807) is 17.7 Å². The van der Waals surface area contributed by atoms with Crippen LogP contribution >= 0.6 is 0 Å². The molecule has 1 aromatic rings. The minimum absolute atomic E-state index is 0.368. The Morgan fingerprint density at radius 2 is 2.47 bits per heavy atom. The molecule has 0 bridgehead atoms. The molecule has 1 heterocycles. The van der Waals surface area contributed by atoms with Gasteiger partial charge in [-0.15, -0.1) is 0 Å². The zero-order valence-corrected chi connectivity index (χ0v) is 8.67. The highest BCUT2D eigenvalue weighted by Gasteiger charge is 2.11. The highest BCUT2D eigenvalue weighted by molar-refractivity contribution is 5.87. The van der Waals surface area contributed by atoms with Crippen molar-refractivity contribution in [3.63, 3.8) is 0 Å². The molecular formula is C9H12N4O2. The van der Waals surface area contributed by atoms with Crippen molar-refractivity contribution >= 4 is 5.97 Å². The zero-order valence-electron chi connectivity index (χ0n) is 8.67. The summed E-state index contributed by atoms with van der Waals surface area (Å²) in [7, 11) is 3.11. The molecule has 0 aliphatic heterocycles. The first-order valence-electron chi connectivity index (χ1n) is 4.43. The van der Waals surface area contributed by atoms with Crippen LogP contribution in [-0.2, 0) is 18.2 Å². The van der Waals surface area contributed by atoms with Crippen molar-refractivity contribution in [2.24, 2.45) is 12.2 Å². The van der Waals surface area contributed by atoms with E-state index in [2.05, 4.69) is 14.8 Å². The monoisotopic (exact) mass is 208 g/mol. The van der Waals surface area contributed by atoms with Gasteiger partial charge in [0.15, 0.2) is 0 Å². The fraction of sp³-hybridized carbons (Fsp3) is 0.444. The highest BCUT2D eigenvalue weighted by atomic mass is 16.5. The number of esters is 1. The summed E-state index contributed by atoms with van der Waals surface area (Å²) < 4.78 is 6.31. The van der Waals surface area contributed by atoms with E-state index < -0.39 is 0 Å². The Bertz CT molecular complexity index is 404. The largest absolute Gasteiger partial charge is 0.464 e. The number of nitrogens with zero attached hydrogens (tertiary/aromatic N) is 4. The van der Waals surface area contributed by atoms with Crippen LogP contribution in [0.2, 0.25) is 0 Å². The predicted octanol–water partition coefficient (Wildman–Crippen LogP) is 1.66. The first kappa shape index (κ1) is 11.1. The molecule has 0 spiro atoms. The summed E-state index contributed by atoms with van der Waals surface area (Å²) in [5, 5.41) is 3.43. The number of rotatable bonds is 4. The molecular weight excluding hydrogens is 196 g/mol. The number of carbonyl (C=O) groups excluding carboxylic acids is 1. The Labute approximate surface area is 87.1 Å². The van der Waals surface area contributed by atoms with Gasteiger partial charge in [-0.2, -0.15) is 0 Å². The van der Waals surface area contributed by atoms with Crippen LogP contribution in [0.3, 0.4) is 0 Å². The van der Waals surface area contributed by atoms with Crippen LogP contribution in [-0.4, -0.2) is 24.2 Å². The van der Waals surface area contributed by atoms with Crippen LogP contribution < -0.4 is 0 Å². The lowest BCUT2D eigenvalue weighted by atomic mass is 10.2. The number of aryl methyl sites for hydroxylation is 1. The molecule has 0 saturated carbocycles. The van der Waals surface area contributed by atoms with E-state index in [1.807, 2.05) is 6.20 Å². The highest BCUT2D eigenvalue weighted by Crippen LogP contribution is 2.09. The SMILES string of the molecule is COC(=O)c1cc(CCN=[N+]=[N-])cn1C. The van der Waals surface area contributed by atoms with E-state index in [0.29, 0.717) is 18.7 Å². The molecule has 1 rings (SSSR count). The lowest BCUT2D eigenvalue weighted by Crippen LogP contribution is -2.06. The molecule has 0 N–H and O–H groups in total. The van der Waals surface area contributed by atoms with Gasteiger partial charge in [-0.1, -0.05) is 5.11 Å². The van der Waals surface area contributed by atoms with Crippen LogP contribution in [0.1, 0.15) is 16.1 Å². The van der Waals surface area contributed by atoms with E-state index in [1.165, 1.54) is 7.11 Å². The maximum Gasteiger partial charge on any atom is 0.354 e. The van der Waals surface area contributed by atoms with E-state index in [0.717, 1.165) is 5.56 Å². The third-order valence-corrected chi connectivity index (χ3v) is 2.02.